The predicted molar refractivity (Wildman–Crippen MR) is 112 cm³/mol. The van der Waals surface area contributed by atoms with Crippen LogP contribution in [0.4, 0.5) is 0 Å². The second-order valence-electron chi connectivity index (χ2n) is 8.70. The standard InChI is InChI=1S/C20H46OSi2/c1-7-9-11-13-15-17-19-23(6,21-22(3,4)5)20-18-16-14-12-10-8-2/h7-20H2,1-6H3. The number of hydrogen-bond donors (Lipinski definition) is 0. The van der Waals surface area contributed by atoms with Crippen LogP contribution in [0.1, 0.15) is 90.9 Å². The molecule has 0 saturated carbocycles. The summed E-state index contributed by atoms with van der Waals surface area (Å²) in [7, 11) is -2.85. The van der Waals surface area contributed by atoms with Crippen molar-refractivity contribution >= 4 is 16.6 Å². The second-order valence-corrected chi connectivity index (χ2v) is 17.6. The van der Waals surface area contributed by atoms with Gasteiger partial charge in [0.25, 0.3) is 0 Å². The zero-order valence-corrected chi connectivity index (χ0v) is 19.3. The van der Waals surface area contributed by atoms with E-state index in [1.54, 1.807) is 0 Å². The van der Waals surface area contributed by atoms with Crippen LogP contribution in [0.25, 0.3) is 0 Å². The monoisotopic (exact) mass is 358 g/mol. The summed E-state index contributed by atoms with van der Waals surface area (Å²) in [5.74, 6) is 0. The fourth-order valence-electron chi connectivity index (χ4n) is 3.52. The first-order chi connectivity index (χ1) is 10.8. The summed E-state index contributed by atoms with van der Waals surface area (Å²) in [6, 6.07) is 2.80. The van der Waals surface area contributed by atoms with Gasteiger partial charge in [-0.15, -0.1) is 0 Å². The predicted octanol–water partition coefficient (Wildman–Crippen LogP) is 8.13. The van der Waals surface area contributed by atoms with Gasteiger partial charge >= 0.3 is 0 Å². The molecule has 0 rings (SSSR count). The van der Waals surface area contributed by atoms with Crippen LogP contribution in [0.5, 0.6) is 0 Å². The van der Waals surface area contributed by atoms with Crippen molar-refractivity contribution in [2.24, 2.45) is 0 Å². The quantitative estimate of drug-likeness (QED) is 0.200. The molecule has 0 radical (unpaired) electrons. The molecule has 0 aromatic carbocycles. The smallest absolute Gasteiger partial charge is 0.176 e. The van der Waals surface area contributed by atoms with Crippen molar-refractivity contribution in [2.75, 3.05) is 0 Å². The first kappa shape index (κ1) is 23.4. The Morgan fingerprint density at radius 2 is 0.870 bits per heavy atom. The molecule has 0 fully saturated rings. The highest BCUT2D eigenvalue weighted by atomic mass is 28.4. The average Bonchev–Trinajstić information content (AvgIpc) is 2.44. The molecular weight excluding hydrogens is 312 g/mol. The Kier molecular flexibility index (Phi) is 13.9. The molecule has 0 amide bonds. The van der Waals surface area contributed by atoms with E-state index < -0.39 is 16.6 Å². The highest BCUT2D eigenvalue weighted by molar-refractivity contribution is 6.84. The summed E-state index contributed by atoms with van der Waals surface area (Å²) in [5.41, 5.74) is 0. The lowest BCUT2D eigenvalue weighted by Crippen LogP contribution is -2.44. The van der Waals surface area contributed by atoms with Gasteiger partial charge in [-0.05, 0) is 38.3 Å². The molecule has 140 valence electrons. The summed E-state index contributed by atoms with van der Waals surface area (Å²) in [5, 5.41) is 0. The minimum atomic E-state index is -1.46. The van der Waals surface area contributed by atoms with Gasteiger partial charge in [0.05, 0.1) is 0 Å². The van der Waals surface area contributed by atoms with Crippen LogP contribution >= 0.6 is 0 Å². The molecule has 0 aliphatic heterocycles. The van der Waals surface area contributed by atoms with Gasteiger partial charge in [-0.3, -0.25) is 0 Å². The van der Waals surface area contributed by atoms with Crippen molar-refractivity contribution in [3.8, 4) is 0 Å². The van der Waals surface area contributed by atoms with Gasteiger partial charge in [-0.1, -0.05) is 90.9 Å². The number of hydrogen-bond acceptors (Lipinski definition) is 1. The maximum atomic E-state index is 6.76. The van der Waals surface area contributed by atoms with Crippen molar-refractivity contribution in [3.05, 3.63) is 0 Å². The molecule has 0 aromatic rings. The minimum Gasteiger partial charge on any atom is -0.456 e. The van der Waals surface area contributed by atoms with Gasteiger partial charge in [-0.2, -0.15) is 0 Å². The van der Waals surface area contributed by atoms with Crippen LogP contribution in [0, 0.1) is 0 Å². The Hall–Kier alpha value is 0.394. The lowest BCUT2D eigenvalue weighted by Gasteiger charge is -2.35. The largest absolute Gasteiger partial charge is 0.456 e. The molecule has 0 aliphatic rings. The van der Waals surface area contributed by atoms with E-state index in [0.717, 1.165) is 0 Å². The summed E-state index contributed by atoms with van der Waals surface area (Å²) in [6.07, 6.45) is 16.9. The lowest BCUT2D eigenvalue weighted by molar-refractivity contribution is 0.516. The second kappa shape index (κ2) is 13.7. The molecule has 0 N–H and O–H groups in total. The molecule has 1 nitrogen and oxygen atoms in total. The van der Waals surface area contributed by atoms with E-state index >= 15 is 0 Å². The normalized spacial score (nSPS) is 12.8. The molecule has 0 aromatic heterocycles. The van der Waals surface area contributed by atoms with E-state index in [-0.39, 0.29) is 0 Å². The van der Waals surface area contributed by atoms with Crippen molar-refractivity contribution < 1.29 is 4.12 Å². The fourth-order valence-corrected chi connectivity index (χ4v) is 12.5. The Morgan fingerprint density at radius 3 is 1.22 bits per heavy atom. The van der Waals surface area contributed by atoms with Crippen LogP contribution in [-0.2, 0) is 4.12 Å². The zero-order valence-electron chi connectivity index (χ0n) is 17.3. The number of unbranched alkanes of at least 4 members (excludes halogenated alkanes) is 10. The summed E-state index contributed by atoms with van der Waals surface area (Å²) in [6.45, 7) is 14.3. The molecule has 0 bridgehead atoms. The molecule has 0 heterocycles. The van der Waals surface area contributed by atoms with Crippen LogP contribution in [-0.4, -0.2) is 16.6 Å². The molecule has 3 heteroatoms. The number of rotatable bonds is 16. The summed E-state index contributed by atoms with van der Waals surface area (Å²) >= 11 is 0. The van der Waals surface area contributed by atoms with Crippen LogP contribution in [0.15, 0.2) is 0 Å². The first-order valence-corrected chi connectivity index (χ1v) is 16.8. The summed E-state index contributed by atoms with van der Waals surface area (Å²) in [4.78, 5) is 0. The van der Waals surface area contributed by atoms with Crippen LogP contribution in [0.3, 0.4) is 0 Å². The fraction of sp³-hybridized carbons (Fsp3) is 1.00. The van der Waals surface area contributed by atoms with Crippen molar-refractivity contribution in [2.45, 2.75) is 129 Å². The van der Waals surface area contributed by atoms with Gasteiger partial charge < -0.3 is 4.12 Å². The highest BCUT2D eigenvalue weighted by Gasteiger charge is 2.33. The van der Waals surface area contributed by atoms with E-state index in [4.69, 9.17) is 4.12 Å². The zero-order chi connectivity index (χ0) is 17.6. The average molecular weight is 359 g/mol. The van der Waals surface area contributed by atoms with Gasteiger partial charge in [-0.25, -0.2) is 0 Å². The Balaban J connectivity index is 4.09. The Morgan fingerprint density at radius 1 is 0.522 bits per heavy atom. The molecule has 0 unspecified atom stereocenters. The van der Waals surface area contributed by atoms with Gasteiger partial charge in [0.15, 0.2) is 16.6 Å². The molecule has 23 heavy (non-hydrogen) atoms. The maximum absolute atomic E-state index is 6.76. The van der Waals surface area contributed by atoms with Gasteiger partial charge in [0.2, 0.25) is 0 Å². The third-order valence-electron chi connectivity index (χ3n) is 4.67. The summed E-state index contributed by atoms with van der Waals surface area (Å²) < 4.78 is 6.76. The molecule has 0 aliphatic carbocycles. The van der Waals surface area contributed by atoms with Crippen LogP contribution < -0.4 is 0 Å². The van der Waals surface area contributed by atoms with Gasteiger partial charge in [0, 0.05) is 0 Å². The SMILES string of the molecule is CCCCCCCC[Si](C)(CCCCCCCC)O[Si](C)(C)C. The van der Waals surface area contributed by atoms with E-state index in [1.165, 1.54) is 89.1 Å². The van der Waals surface area contributed by atoms with Crippen molar-refractivity contribution in [3.63, 3.8) is 0 Å². The molecule has 0 atom stereocenters. The Bertz CT molecular complexity index is 245. The third-order valence-corrected chi connectivity index (χ3v) is 11.9. The third kappa shape index (κ3) is 15.7. The van der Waals surface area contributed by atoms with E-state index in [1.807, 2.05) is 0 Å². The van der Waals surface area contributed by atoms with Crippen molar-refractivity contribution in [1.29, 1.82) is 0 Å². The van der Waals surface area contributed by atoms with Crippen LogP contribution in [0.2, 0.25) is 38.3 Å². The molecule has 0 saturated heterocycles. The van der Waals surface area contributed by atoms with Gasteiger partial charge in [0.1, 0.15) is 0 Å². The Labute approximate surface area is 150 Å². The lowest BCUT2D eigenvalue weighted by atomic mass is 10.1. The molecular formula is C20H46OSi2. The van der Waals surface area contributed by atoms with E-state index in [0.29, 0.717) is 0 Å². The van der Waals surface area contributed by atoms with E-state index in [9.17, 15) is 0 Å². The molecule has 0 spiro atoms. The maximum Gasteiger partial charge on any atom is 0.176 e. The topological polar surface area (TPSA) is 9.23 Å². The van der Waals surface area contributed by atoms with E-state index in [2.05, 4.69) is 40.0 Å². The van der Waals surface area contributed by atoms with Crippen molar-refractivity contribution in [1.82, 2.24) is 0 Å². The highest BCUT2D eigenvalue weighted by Crippen LogP contribution is 2.28. The first-order valence-electron chi connectivity index (χ1n) is 10.5. The minimum absolute atomic E-state index is 1.35.